The molecule has 1 atom stereocenters. The number of likely N-dealkylation sites (tertiary alicyclic amines) is 1. The van der Waals surface area contributed by atoms with Gasteiger partial charge in [0.15, 0.2) is 0 Å². The zero-order valence-corrected chi connectivity index (χ0v) is 16.3. The lowest BCUT2D eigenvalue weighted by Crippen LogP contribution is -2.31. The molecule has 0 spiro atoms. The maximum Gasteiger partial charge on any atom is 0.268 e. The second-order valence-corrected chi connectivity index (χ2v) is 7.50. The molecule has 1 aliphatic heterocycles. The first kappa shape index (κ1) is 17.7. The van der Waals surface area contributed by atoms with E-state index >= 15 is 0 Å². The lowest BCUT2D eigenvalue weighted by Gasteiger charge is -2.26. The lowest BCUT2D eigenvalue weighted by molar-refractivity contribution is 0.0737. The van der Waals surface area contributed by atoms with Gasteiger partial charge in [-0.3, -0.25) is 9.78 Å². The first-order valence-corrected chi connectivity index (χ1v) is 9.68. The Morgan fingerprint density at radius 3 is 2.81 bits per heavy atom. The lowest BCUT2D eigenvalue weighted by atomic mass is 9.97. The Balaban J connectivity index is 1.78. The summed E-state index contributed by atoms with van der Waals surface area (Å²) in [5.74, 6) is 0.689. The van der Waals surface area contributed by atoms with E-state index in [0.717, 1.165) is 46.8 Å². The number of aryl methyl sites for hydroxylation is 3. The van der Waals surface area contributed by atoms with E-state index in [-0.39, 0.29) is 11.9 Å². The largest absolute Gasteiger partial charge is 0.329 e. The number of hydrogen-bond donors (Lipinski definition) is 0. The summed E-state index contributed by atoms with van der Waals surface area (Å²) in [6.45, 7) is 6.43. The zero-order valence-electron chi connectivity index (χ0n) is 15.5. The summed E-state index contributed by atoms with van der Waals surface area (Å²) in [6, 6.07) is 1.90. The summed E-state index contributed by atoms with van der Waals surface area (Å²) in [6.07, 6.45) is 7.30. The van der Waals surface area contributed by atoms with Gasteiger partial charge in [-0.25, -0.2) is 9.97 Å². The maximum absolute atomic E-state index is 13.1. The summed E-state index contributed by atoms with van der Waals surface area (Å²) >= 11 is 1.15. The monoisotopic (exact) mass is 380 g/mol. The maximum atomic E-state index is 13.1. The number of rotatable bonds is 3. The average molecular weight is 380 g/mol. The van der Waals surface area contributed by atoms with Crippen LogP contribution in [0.4, 0.5) is 0 Å². The number of nitrogens with zero attached hydrogens (tertiary/aromatic N) is 6. The molecular weight excluding hydrogens is 360 g/mol. The summed E-state index contributed by atoms with van der Waals surface area (Å²) in [7, 11) is 0. The van der Waals surface area contributed by atoms with Crippen molar-refractivity contribution in [1.82, 2.24) is 29.4 Å². The molecule has 1 fully saturated rings. The van der Waals surface area contributed by atoms with Gasteiger partial charge in [-0.1, -0.05) is 4.49 Å². The fraction of sp³-hybridized carbons (Fsp3) is 0.368. The molecule has 7 nitrogen and oxygen atoms in total. The van der Waals surface area contributed by atoms with Crippen LogP contribution in [0.25, 0.3) is 11.1 Å². The first-order valence-electron chi connectivity index (χ1n) is 8.90. The van der Waals surface area contributed by atoms with E-state index in [0.29, 0.717) is 22.9 Å². The SMILES string of the molecule is Cc1ncc(-c2ccncc2C)c(C2CCCN2C(=O)c2snnc2C)n1. The van der Waals surface area contributed by atoms with Crippen molar-refractivity contribution < 1.29 is 4.79 Å². The van der Waals surface area contributed by atoms with E-state index in [4.69, 9.17) is 4.98 Å². The Morgan fingerprint density at radius 2 is 2.07 bits per heavy atom. The molecule has 4 rings (SSSR count). The van der Waals surface area contributed by atoms with Crippen molar-refractivity contribution in [3.8, 4) is 11.1 Å². The molecule has 0 saturated carbocycles. The van der Waals surface area contributed by atoms with Crippen molar-refractivity contribution in [2.24, 2.45) is 0 Å². The van der Waals surface area contributed by atoms with E-state index < -0.39 is 0 Å². The van der Waals surface area contributed by atoms with Crippen LogP contribution in [0.5, 0.6) is 0 Å². The van der Waals surface area contributed by atoms with Crippen molar-refractivity contribution in [2.45, 2.75) is 39.7 Å². The van der Waals surface area contributed by atoms with Crippen LogP contribution in [-0.2, 0) is 0 Å². The molecule has 8 heteroatoms. The number of pyridine rings is 1. The molecule has 1 unspecified atom stereocenters. The van der Waals surface area contributed by atoms with Crippen molar-refractivity contribution in [1.29, 1.82) is 0 Å². The number of amides is 1. The van der Waals surface area contributed by atoms with Crippen LogP contribution in [-0.4, -0.2) is 41.9 Å². The minimum absolute atomic E-state index is 0.0151. The fourth-order valence-electron chi connectivity index (χ4n) is 3.58. The van der Waals surface area contributed by atoms with Gasteiger partial charge >= 0.3 is 0 Å². The molecule has 1 amide bonds. The van der Waals surface area contributed by atoms with Crippen molar-refractivity contribution in [3.63, 3.8) is 0 Å². The van der Waals surface area contributed by atoms with Crippen LogP contribution in [0, 0.1) is 20.8 Å². The van der Waals surface area contributed by atoms with Gasteiger partial charge in [0.1, 0.15) is 10.7 Å². The molecule has 1 aliphatic rings. The smallest absolute Gasteiger partial charge is 0.268 e. The second kappa shape index (κ2) is 7.11. The molecule has 27 heavy (non-hydrogen) atoms. The third-order valence-electron chi connectivity index (χ3n) is 4.92. The van der Waals surface area contributed by atoms with Crippen molar-refractivity contribution in [2.75, 3.05) is 6.54 Å². The molecule has 0 N–H and O–H groups in total. The summed E-state index contributed by atoms with van der Waals surface area (Å²) in [5, 5.41) is 3.99. The van der Waals surface area contributed by atoms with Crippen molar-refractivity contribution in [3.05, 3.63) is 52.3 Å². The first-order chi connectivity index (χ1) is 13.1. The molecule has 138 valence electrons. The zero-order chi connectivity index (χ0) is 19.0. The Morgan fingerprint density at radius 1 is 1.22 bits per heavy atom. The summed E-state index contributed by atoms with van der Waals surface area (Å²) in [5.41, 5.74) is 4.65. The highest BCUT2D eigenvalue weighted by Crippen LogP contribution is 2.38. The highest BCUT2D eigenvalue weighted by molar-refractivity contribution is 7.07. The molecule has 3 aromatic rings. The van der Waals surface area contributed by atoms with Gasteiger partial charge < -0.3 is 4.90 Å². The van der Waals surface area contributed by atoms with Crippen LogP contribution in [0.2, 0.25) is 0 Å². The van der Waals surface area contributed by atoms with Gasteiger partial charge in [0.05, 0.1) is 17.4 Å². The van der Waals surface area contributed by atoms with Crippen molar-refractivity contribution >= 4 is 17.4 Å². The Bertz CT molecular complexity index is 1000. The highest BCUT2D eigenvalue weighted by atomic mass is 32.1. The van der Waals surface area contributed by atoms with E-state index in [1.54, 1.807) is 6.20 Å². The number of hydrogen-bond acceptors (Lipinski definition) is 7. The molecule has 0 aliphatic carbocycles. The minimum Gasteiger partial charge on any atom is -0.329 e. The van der Waals surface area contributed by atoms with E-state index in [1.807, 2.05) is 44.1 Å². The average Bonchev–Trinajstić information content (AvgIpc) is 3.31. The molecule has 3 aromatic heterocycles. The topological polar surface area (TPSA) is 84.8 Å². The third-order valence-corrected chi connectivity index (χ3v) is 5.74. The van der Waals surface area contributed by atoms with E-state index in [9.17, 15) is 4.79 Å². The number of carbonyl (C=O) groups excluding carboxylic acids is 1. The Labute approximate surface area is 161 Å². The number of carbonyl (C=O) groups is 1. The summed E-state index contributed by atoms with van der Waals surface area (Å²) < 4.78 is 3.91. The Hall–Kier alpha value is -2.74. The van der Waals surface area contributed by atoms with Crippen LogP contribution < -0.4 is 0 Å². The molecule has 0 radical (unpaired) electrons. The van der Waals surface area contributed by atoms with Gasteiger partial charge in [0.2, 0.25) is 0 Å². The van der Waals surface area contributed by atoms with Gasteiger partial charge in [-0.15, -0.1) is 5.10 Å². The molecular formula is C19H20N6OS. The second-order valence-electron chi connectivity index (χ2n) is 6.75. The predicted octanol–water partition coefficient (Wildman–Crippen LogP) is 3.29. The van der Waals surface area contributed by atoms with Gasteiger partial charge in [-0.05, 0) is 62.3 Å². The molecule has 4 heterocycles. The molecule has 0 bridgehead atoms. The third kappa shape index (κ3) is 3.21. The Kier molecular flexibility index (Phi) is 4.65. The van der Waals surface area contributed by atoms with Crippen LogP contribution in [0.1, 0.15) is 51.3 Å². The fourth-order valence-corrected chi connectivity index (χ4v) is 4.19. The number of aromatic nitrogens is 5. The minimum atomic E-state index is -0.0803. The van der Waals surface area contributed by atoms with Crippen LogP contribution in [0.3, 0.4) is 0 Å². The van der Waals surface area contributed by atoms with E-state index in [1.165, 1.54) is 0 Å². The van der Waals surface area contributed by atoms with Gasteiger partial charge in [-0.2, -0.15) is 0 Å². The standard InChI is InChI=1S/C19H20N6OS/c1-11-9-20-7-6-14(11)15-10-21-13(3)22-17(15)16-5-4-8-25(16)19(26)18-12(2)23-24-27-18/h6-7,9-10,16H,4-5,8H2,1-3H3. The summed E-state index contributed by atoms with van der Waals surface area (Å²) in [4.78, 5) is 29.0. The highest BCUT2D eigenvalue weighted by Gasteiger charge is 2.35. The quantitative estimate of drug-likeness (QED) is 0.693. The predicted molar refractivity (Wildman–Crippen MR) is 102 cm³/mol. The van der Waals surface area contributed by atoms with Crippen LogP contribution >= 0.6 is 11.5 Å². The van der Waals surface area contributed by atoms with Gasteiger partial charge in [0, 0.05) is 30.7 Å². The van der Waals surface area contributed by atoms with E-state index in [2.05, 4.69) is 19.6 Å². The normalized spacial score (nSPS) is 16.7. The molecule has 0 aromatic carbocycles. The van der Waals surface area contributed by atoms with Gasteiger partial charge in [0.25, 0.3) is 5.91 Å². The molecule has 1 saturated heterocycles. The van der Waals surface area contributed by atoms with Crippen LogP contribution in [0.15, 0.2) is 24.7 Å².